The van der Waals surface area contributed by atoms with Crippen LogP contribution in [0, 0.1) is 10.8 Å². The number of nitrogens with one attached hydrogen (secondary N) is 2. The van der Waals surface area contributed by atoms with E-state index in [4.69, 9.17) is 9.73 Å². The Bertz CT molecular complexity index is 322. The van der Waals surface area contributed by atoms with Crippen molar-refractivity contribution in [2.24, 2.45) is 15.8 Å². The van der Waals surface area contributed by atoms with Gasteiger partial charge < -0.3 is 15.4 Å². The van der Waals surface area contributed by atoms with Crippen molar-refractivity contribution >= 4 is 29.9 Å². The first kappa shape index (κ1) is 22.0. The standard InChI is InChI=1S/C17H35N3O.HI/c1-6-18-15(19-12-10-16(2,3)4)20-14-17(8-7-9-17)11-13-21-5;/h6-14H2,1-5H3,(H2,18,19,20);1H. The van der Waals surface area contributed by atoms with E-state index in [2.05, 4.69) is 38.3 Å². The molecule has 5 heteroatoms. The summed E-state index contributed by atoms with van der Waals surface area (Å²) in [6.07, 6.45) is 6.20. The fourth-order valence-electron chi connectivity index (χ4n) is 2.63. The fourth-order valence-corrected chi connectivity index (χ4v) is 2.63. The first-order valence-corrected chi connectivity index (χ1v) is 8.42. The van der Waals surface area contributed by atoms with Crippen molar-refractivity contribution in [3.05, 3.63) is 0 Å². The molecule has 0 heterocycles. The number of hydrogen-bond donors (Lipinski definition) is 2. The third kappa shape index (κ3) is 8.56. The van der Waals surface area contributed by atoms with Gasteiger partial charge in [-0.2, -0.15) is 0 Å². The van der Waals surface area contributed by atoms with Crippen LogP contribution in [0.5, 0.6) is 0 Å². The molecule has 1 fully saturated rings. The molecule has 1 rings (SSSR count). The number of nitrogens with zero attached hydrogens (tertiary/aromatic N) is 1. The zero-order valence-corrected chi connectivity index (χ0v) is 17.5. The van der Waals surface area contributed by atoms with Crippen molar-refractivity contribution in [1.29, 1.82) is 0 Å². The molecular weight excluding hydrogens is 389 g/mol. The summed E-state index contributed by atoms with van der Waals surface area (Å²) in [7, 11) is 1.79. The van der Waals surface area contributed by atoms with E-state index in [1.807, 2.05) is 0 Å². The van der Waals surface area contributed by atoms with Crippen LogP contribution in [-0.2, 0) is 4.74 Å². The molecule has 0 aromatic carbocycles. The number of ether oxygens (including phenoxy) is 1. The second-order valence-electron chi connectivity index (χ2n) is 7.53. The molecule has 22 heavy (non-hydrogen) atoms. The summed E-state index contributed by atoms with van der Waals surface area (Å²) >= 11 is 0. The van der Waals surface area contributed by atoms with E-state index in [0.29, 0.717) is 10.8 Å². The van der Waals surface area contributed by atoms with Crippen LogP contribution in [0.4, 0.5) is 0 Å². The molecule has 1 aliphatic carbocycles. The first-order chi connectivity index (χ1) is 9.91. The Kier molecular flexibility index (Phi) is 10.7. The molecule has 0 saturated heterocycles. The maximum atomic E-state index is 5.25. The van der Waals surface area contributed by atoms with Gasteiger partial charge in [0.1, 0.15) is 0 Å². The Morgan fingerprint density at radius 1 is 1.23 bits per heavy atom. The van der Waals surface area contributed by atoms with Gasteiger partial charge in [-0.1, -0.05) is 27.2 Å². The van der Waals surface area contributed by atoms with E-state index in [1.165, 1.54) is 19.3 Å². The van der Waals surface area contributed by atoms with Crippen molar-refractivity contribution in [1.82, 2.24) is 10.6 Å². The van der Waals surface area contributed by atoms with Crippen LogP contribution in [0.15, 0.2) is 4.99 Å². The topological polar surface area (TPSA) is 45.7 Å². The van der Waals surface area contributed by atoms with Gasteiger partial charge in [0, 0.05) is 33.4 Å². The summed E-state index contributed by atoms with van der Waals surface area (Å²) in [4.78, 5) is 4.82. The van der Waals surface area contributed by atoms with Gasteiger partial charge >= 0.3 is 0 Å². The molecule has 132 valence electrons. The monoisotopic (exact) mass is 425 g/mol. The molecule has 2 N–H and O–H groups in total. The second-order valence-corrected chi connectivity index (χ2v) is 7.53. The summed E-state index contributed by atoms with van der Waals surface area (Å²) in [5, 5.41) is 6.82. The number of guanidine groups is 1. The zero-order chi connectivity index (χ0) is 15.8. The Labute approximate surface area is 154 Å². The summed E-state index contributed by atoms with van der Waals surface area (Å²) < 4.78 is 5.25. The average Bonchev–Trinajstić information content (AvgIpc) is 2.35. The van der Waals surface area contributed by atoms with E-state index in [-0.39, 0.29) is 24.0 Å². The maximum Gasteiger partial charge on any atom is 0.191 e. The number of rotatable bonds is 8. The molecule has 0 spiro atoms. The predicted molar refractivity (Wildman–Crippen MR) is 106 cm³/mol. The molecule has 1 saturated carbocycles. The van der Waals surface area contributed by atoms with Gasteiger partial charge in [0.2, 0.25) is 0 Å². The molecule has 0 atom stereocenters. The maximum absolute atomic E-state index is 5.25. The molecule has 4 nitrogen and oxygen atoms in total. The van der Waals surface area contributed by atoms with Crippen LogP contribution < -0.4 is 10.6 Å². The molecule has 0 aromatic rings. The number of halogens is 1. The van der Waals surface area contributed by atoms with Gasteiger partial charge in [0.05, 0.1) is 0 Å². The van der Waals surface area contributed by atoms with Crippen molar-refractivity contribution in [3.8, 4) is 0 Å². The van der Waals surface area contributed by atoms with E-state index in [1.54, 1.807) is 7.11 Å². The third-order valence-electron chi connectivity index (χ3n) is 4.33. The van der Waals surface area contributed by atoms with Gasteiger partial charge in [-0.3, -0.25) is 4.99 Å². The lowest BCUT2D eigenvalue weighted by atomic mass is 9.67. The van der Waals surface area contributed by atoms with Crippen molar-refractivity contribution < 1.29 is 4.74 Å². The molecule has 0 unspecified atom stereocenters. The number of aliphatic imine (C=N–C) groups is 1. The fraction of sp³-hybridized carbons (Fsp3) is 0.941. The van der Waals surface area contributed by atoms with Gasteiger partial charge in [0.15, 0.2) is 5.96 Å². The predicted octanol–water partition coefficient (Wildman–Crippen LogP) is 3.80. The number of methoxy groups -OCH3 is 1. The molecule has 0 radical (unpaired) electrons. The van der Waals surface area contributed by atoms with Gasteiger partial charge in [-0.25, -0.2) is 0 Å². The number of hydrogen-bond acceptors (Lipinski definition) is 2. The largest absolute Gasteiger partial charge is 0.385 e. The van der Waals surface area contributed by atoms with E-state index >= 15 is 0 Å². The Morgan fingerprint density at radius 2 is 1.91 bits per heavy atom. The van der Waals surface area contributed by atoms with Crippen molar-refractivity contribution in [2.75, 3.05) is 33.4 Å². The van der Waals surface area contributed by atoms with Gasteiger partial charge in [0.25, 0.3) is 0 Å². The van der Waals surface area contributed by atoms with Crippen molar-refractivity contribution in [2.45, 2.75) is 59.8 Å². The van der Waals surface area contributed by atoms with E-state index in [0.717, 1.165) is 45.0 Å². The molecule has 1 aliphatic rings. The normalized spacial score (nSPS) is 17.4. The lowest BCUT2D eigenvalue weighted by molar-refractivity contribution is 0.0778. The van der Waals surface area contributed by atoms with E-state index < -0.39 is 0 Å². The van der Waals surface area contributed by atoms with Gasteiger partial charge in [-0.05, 0) is 43.4 Å². The first-order valence-electron chi connectivity index (χ1n) is 8.42. The van der Waals surface area contributed by atoms with Crippen LogP contribution in [0.25, 0.3) is 0 Å². The molecule has 0 bridgehead atoms. The van der Waals surface area contributed by atoms with Crippen LogP contribution in [-0.4, -0.2) is 39.3 Å². The highest BCUT2D eigenvalue weighted by Gasteiger charge is 2.36. The third-order valence-corrected chi connectivity index (χ3v) is 4.33. The van der Waals surface area contributed by atoms with Crippen LogP contribution in [0.2, 0.25) is 0 Å². The van der Waals surface area contributed by atoms with E-state index in [9.17, 15) is 0 Å². The SMILES string of the molecule is CCNC(=NCC1(CCOC)CCC1)NCCC(C)(C)C.I. The average molecular weight is 425 g/mol. The van der Waals surface area contributed by atoms with Crippen LogP contribution in [0.3, 0.4) is 0 Å². The molecule has 0 aromatic heterocycles. The minimum Gasteiger partial charge on any atom is -0.385 e. The quantitative estimate of drug-likeness (QED) is 0.353. The smallest absolute Gasteiger partial charge is 0.191 e. The summed E-state index contributed by atoms with van der Waals surface area (Å²) in [6.45, 7) is 12.6. The zero-order valence-electron chi connectivity index (χ0n) is 15.1. The lowest BCUT2D eigenvalue weighted by Crippen LogP contribution is -2.41. The Balaban J connectivity index is 0.00000441. The van der Waals surface area contributed by atoms with Crippen LogP contribution in [0.1, 0.15) is 59.8 Å². The summed E-state index contributed by atoms with van der Waals surface area (Å²) in [6, 6.07) is 0. The second kappa shape index (κ2) is 10.7. The molecule has 0 aliphatic heterocycles. The summed E-state index contributed by atoms with van der Waals surface area (Å²) in [5.74, 6) is 0.963. The lowest BCUT2D eigenvalue weighted by Gasteiger charge is -2.40. The van der Waals surface area contributed by atoms with Crippen molar-refractivity contribution in [3.63, 3.8) is 0 Å². The Morgan fingerprint density at radius 3 is 2.36 bits per heavy atom. The highest BCUT2D eigenvalue weighted by Crippen LogP contribution is 2.44. The Hall–Kier alpha value is -0.0400. The molecular formula is C17H36IN3O. The van der Waals surface area contributed by atoms with Crippen LogP contribution >= 0.6 is 24.0 Å². The molecule has 0 amide bonds. The van der Waals surface area contributed by atoms with Gasteiger partial charge in [-0.15, -0.1) is 24.0 Å². The minimum absolute atomic E-state index is 0. The highest BCUT2D eigenvalue weighted by molar-refractivity contribution is 14.0. The minimum atomic E-state index is 0. The highest BCUT2D eigenvalue weighted by atomic mass is 127. The summed E-state index contributed by atoms with van der Waals surface area (Å²) in [5.41, 5.74) is 0.750.